The Morgan fingerprint density at radius 2 is 1.86 bits per heavy atom. The second-order valence-corrected chi connectivity index (χ2v) is 11.2. The lowest BCUT2D eigenvalue weighted by molar-refractivity contribution is 0.0691. The molecule has 2 aromatic heterocycles. The molecule has 42 heavy (non-hydrogen) atoms. The largest absolute Gasteiger partial charge is 0.493 e. The third-order valence-electron chi connectivity index (χ3n) is 7.49. The number of ether oxygens (including phenoxy) is 1. The standard InChI is InChI=1S/C32H30N4O5S/c1-2-10-34-31(38)26-6-5-22(28(36-26)32(39)40)23-16-27-25(29-18(8-12-41-27)9-13-42-29)15-24(23)30(37)35-21-4-3-20-17-33-11-7-19(20)14-21/h3-6,9,13-16,33H,2,7-8,10-12,17H2,1H3,(H,34,38)(H,35,37)(H,39,40). The highest BCUT2D eigenvalue weighted by molar-refractivity contribution is 7.13. The van der Waals surface area contributed by atoms with Crippen LogP contribution in [0.5, 0.6) is 5.75 Å². The summed E-state index contributed by atoms with van der Waals surface area (Å²) in [6.07, 6.45) is 2.32. The van der Waals surface area contributed by atoms with Gasteiger partial charge in [0.1, 0.15) is 11.4 Å². The fourth-order valence-corrected chi connectivity index (χ4v) is 6.35. The van der Waals surface area contributed by atoms with Crippen LogP contribution in [0.15, 0.2) is 53.9 Å². The van der Waals surface area contributed by atoms with E-state index in [1.807, 2.05) is 30.5 Å². The van der Waals surface area contributed by atoms with E-state index in [1.165, 1.54) is 23.3 Å². The smallest absolute Gasteiger partial charge is 0.355 e. The van der Waals surface area contributed by atoms with Crippen molar-refractivity contribution in [3.63, 3.8) is 0 Å². The molecule has 2 aliphatic rings. The van der Waals surface area contributed by atoms with Gasteiger partial charge in [-0.15, -0.1) is 11.3 Å². The van der Waals surface area contributed by atoms with Crippen molar-refractivity contribution in [3.05, 3.63) is 87.6 Å². The molecule has 0 spiro atoms. The topological polar surface area (TPSA) is 130 Å². The quantitative estimate of drug-likeness (QED) is 0.237. The lowest BCUT2D eigenvalue weighted by Gasteiger charge is -2.19. The molecule has 4 N–H and O–H groups in total. The Morgan fingerprint density at radius 3 is 2.69 bits per heavy atom. The first-order valence-electron chi connectivity index (χ1n) is 14.0. The van der Waals surface area contributed by atoms with Gasteiger partial charge in [0.05, 0.1) is 6.61 Å². The van der Waals surface area contributed by atoms with Gasteiger partial charge < -0.3 is 25.8 Å². The fraction of sp³-hybridized carbons (Fsp3) is 0.250. The minimum atomic E-state index is -1.30. The van der Waals surface area contributed by atoms with Crippen molar-refractivity contribution in [1.82, 2.24) is 15.6 Å². The molecule has 0 atom stereocenters. The maximum absolute atomic E-state index is 14.0. The van der Waals surface area contributed by atoms with E-state index in [0.717, 1.165) is 48.4 Å². The van der Waals surface area contributed by atoms with E-state index in [-0.39, 0.29) is 28.4 Å². The van der Waals surface area contributed by atoms with Crippen LogP contribution in [-0.4, -0.2) is 47.6 Å². The number of aromatic carboxylic acids is 1. The summed E-state index contributed by atoms with van der Waals surface area (Å²) in [6, 6.07) is 14.4. The van der Waals surface area contributed by atoms with E-state index in [9.17, 15) is 19.5 Å². The lowest BCUT2D eigenvalue weighted by Crippen LogP contribution is -2.25. The van der Waals surface area contributed by atoms with Crippen molar-refractivity contribution in [3.8, 4) is 27.3 Å². The Morgan fingerprint density at radius 1 is 0.976 bits per heavy atom. The van der Waals surface area contributed by atoms with Gasteiger partial charge in [0, 0.05) is 52.3 Å². The molecule has 0 aliphatic carbocycles. The van der Waals surface area contributed by atoms with E-state index in [0.29, 0.717) is 30.2 Å². The van der Waals surface area contributed by atoms with E-state index in [2.05, 4.69) is 27.0 Å². The zero-order chi connectivity index (χ0) is 29.2. The number of thiophene rings is 1. The molecule has 10 heteroatoms. The molecule has 2 aliphatic heterocycles. The lowest BCUT2D eigenvalue weighted by atomic mass is 9.93. The van der Waals surface area contributed by atoms with Crippen molar-refractivity contribution in [2.24, 2.45) is 0 Å². The summed E-state index contributed by atoms with van der Waals surface area (Å²) >= 11 is 1.57. The summed E-state index contributed by atoms with van der Waals surface area (Å²) in [5.74, 6) is -1.58. The Bertz CT molecular complexity index is 1710. The number of anilines is 1. The van der Waals surface area contributed by atoms with Crippen molar-refractivity contribution >= 4 is 34.8 Å². The van der Waals surface area contributed by atoms with Crippen molar-refractivity contribution in [2.75, 3.05) is 25.0 Å². The second-order valence-electron chi connectivity index (χ2n) is 10.3. The Kier molecular flexibility index (Phi) is 7.73. The Labute approximate surface area is 247 Å². The molecule has 0 bridgehead atoms. The van der Waals surface area contributed by atoms with E-state index in [4.69, 9.17) is 4.74 Å². The first kappa shape index (κ1) is 27.6. The Hall–Kier alpha value is -4.54. The normalized spacial score (nSPS) is 13.5. The number of carboxylic acid groups (broad SMARTS) is 1. The van der Waals surface area contributed by atoms with Crippen molar-refractivity contribution < 1.29 is 24.2 Å². The average Bonchev–Trinajstić information content (AvgIpc) is 3.40. The molecule has 214 valence electrons. The van der Waals surface area contributed by atoms with Gasteiger partial charge in [0.15, 0.2) is 5.69 Å². The molecule has 2 aromatic carbocycles. The molecule has 0 saturated heterocycles. The molecule has 0 unspecified atom stereocenters. The maximum atomic E-state index is 14.0. The maximum Gasteiger partial charge on any atom is 0.355 e. The zero-order valence-electron chi connectivity index (χ0n) is 23.1. The fourth-order valence-electron chi connectivity index (χ4n) is 5.38. The summed E-state index contributed by atoms with van der Waals surface area (Å²) in [5, 5.41) is 21.3. The molecule has 9 nitrogen and oxygen atoms in total. The first-order chi connectivity index (χ1) is 20.4. The number of carbonyl (C=O) groups excluding carboxylic acids is 2. The number of carbonyl (C=O) groups is 3. The monoisotopic (exact) mass is 582 g/mol. The SMILES string of the molecule is CCCNC(=O)c1ccc(-c2cc3c(cc2C(=O)Nc2ccc4c(c2)CCNC4)-c2sccc2CCO3)c(C(=O)O)n1. The van der Waals surface area contributed by atoms with Gasteiger partial charge in [-0.05, 0) is 83.9 Å². The predicted octanol–water partition coefficient (Wildman–Crippen LogP) is 5.15. The average molecular weight is 583 g/mol. The number of fused-ring (bicyclic) bond motifs is 4. The molecule has 0 fully saturated rings. The van der Waals surface area contributed by atoms with Gasteiger partial charge in [-0.2, -0.15) is 0 Å². The highest BCUT2D eigenvalue weighted by atomic mass is 32.1. The van der Waals surface area contributed by atoms with E-state index < -0.39 is 11.9 Å². The number of carboxylic acids is 1. The molecule has 4 heterocycles. The zero-order valence-corrected chi connectivity index (χ0v) is 23.9. The van der Waals surface area contributed by atoms with Gasteiger partial charge in [-0.25, -0.2) is 9.78 Å². The molecule has 2 amide bonds. The van der Waals surface area contributed by atoms with Crippen LogP contribution in [0.4, 0.5) is 5.69 Å². The summed E-state index contributed by atoms with van der Waals surface area (Å²) in [4.78, 5) is 44.2. The van der Waals surface area contributed by atoms with Gasteiger partial charge in [-0.3, -0.25) is 9.59 Å². The first-order valence-corrected chi connectivity index (χ1v) is 14.8. The van der Waals surface area contributed by atoms with Crippen molar-refractivity contribution in [1.29, 1.82) is 0 Å². The summed E-state index contributed by atoms with van der Waals surface area (Å²) in [5.41, 5.74) is 5.50. The minimum absolute atomic E-state index is 0.00612. The van der Waals surface area contributed by atoms with Crippen LogP contribution in [0.1, 0.15) is 61.4 Å². The van der Waals surface area contributed by atoms with Crippen LogP contribution in [0.25, 0.3) is 21.6 Å². The number of nitrogens with one attached hydrogen (secondary N) is 3. The molecule has 0 saturated carbocycles. The number of benzene rings is 2. The number of hydrogen-bond donors (Lipinski definition) is 4. The third-order valence-corrected chi connectivity index (χ3v) is 8.48. The Balaban J connectivity index is 1.47. The number of hydrogen-bond acceptors (Lipinski definition) is 7. The van der Waals surface area contributed by atoms with Crippen LogP contribution >= 0.6 is 11.3 Å². The second kappa shape index (κ2) is 11.8. The van der Waals surface area contributed by atoms with Crippen LogP contribution in [0, 0.1) is 0 Å². The van der Waals surface area contributed by atoms with Crippen molar-refractivity contribution in [2.45, 2.75) is 32.7 Å². The van der Waals surface area contributed by atoms with Crippen LogP contribution in [-0.2, 0) is 19.4 Å². The summed E-state index contributed by atoms with van der Waals surface area (Å²) in [7, 11) is 0. The number of nitrogens with zero attached hydrogens (tertiary/aromatic N) is 1. The van der Waals surface area contributed by atoms with Gasteiger partial charge >= 0.3 is 5.97 Å². The summed E-state index contributed by atoms with van der Waals surface area (Å²) < 4.78 is 6.11. The van der Waals surface area contributed by atoms with Gasteiger partial charge in [0.25, 0.3) is 11.8 Å². The minimum Gasteiger partial charge on any atom is -0.493 e. The number of aromatic nitrogens is 1. The van der Waals surface area contributed by atoms with Crippen LogP contribution < -0.4 is 20.7 Å². The highest BCUT2D eigenvalue weighted by Crippen LogP contribution is 2.43. The summed E-state index contributed by atoms with van der Waals surface area (Å²) in [6.45, 7) is 4.49. The number of pyridine rings is 1. The van der Waals surface area contributed by atoms with Crippen LogP contribution in [0.2, 0.25) is 0 Å². The molecular formula is C32H30N4O5S. The van der Waals surface area contributed by atoms with E-state index >= 15 is 0 Å². The van der Waals surface area contributed by atoms with Gasteiger partial charge in [-0.1, -0.05) is 13.0 Å². The van der Waals surface area contributed by atoms with E-state index in [1.54, 1.807) is 23.5 Å². The highest BCUT2D eigenvalue weighted by Gasteiger charge is 2.26. The molecule has 4 aromatic rings. The molecule has 0 radical (unpaired) electrons. The predicted molar refractivity (Wildman–Crippen MR) is 162 cm³/mol. The molecule has 6 rings (SSSR count). The molecular weight excluding hydrogens is 552 g/mol. The third kappa shape index (κ3) is 5.38. The number of amides is 2. The van der Waals surface area contributed by atoms with Crippen LogP contribution in [0.3, 0.4) is 0 Å². The number of rotatable bonds is 7. The van der Waals surface area contributed by atoms with Gasteiger partial charge in [0.2, 0.25) is 0 Å².